The lowest BCUT2D eigenvalue weighted by atomic mass is 10.2. The van der Waals surface area contributed by atoms with E-state index in [0.717, 1.165) is 20.5 Å². The van der Waals surface area contributed by atoms with Gasteiger partial charge in [-0.05, 0) is 29.6 Å². The molecule has 23 heavy (non-hydrogen) atoms. The Morgan fingerprint density at radius 2 is 2.17 bits per heavy atom. The molecular formula is C16H11N3OS3. The predicted molar refractivity (Wildman–Crippen MR) is 96.0 cm³/mol. The third kappa shape index (κ3) is 4.93. The Kier molecular flexibility index (Phi) is 5.42. The summed E-state index contributed by atoms with van der Waals surface area (Å²) in [5.74, 6) is 6.44. The molecule has 0 atom stereocenters. The van der Waals surface area contributed by atoms with Crippen LogP contribution in [0.5, 0.6) is 0 Å². The lowest BCUT2D eigenvalue weighted by Crippen LogP contribution is -2.13. The maximum atomic E-state index is 12.0. The number of benzene rings is 1. The maximum Gasteiger partial charge on any atom is 0.234 e. The lowest BCUT2D eigenvalue weighted by Gasteiger charge is -2.04. The smallest absolute Gasteiger partial charge is 0.234 e. The molecule has 0 aliphatic rings. The third-order valence-corrected chi connectivity index (χ3v) is 5.31. The molecule has 0 spiro atoms. The third-order valence-electron chi connectivity index (χ3n) is 2.66. The highest BCUT2D eigenvalue weighted by Crippen LogP contribution is 2.19. The van der Waals surface area contributed by atoms with Crippen molar-refractivity contribution >= 4 is 46.0 Å². The summed E-state index contributed by atoms with van der Waals surface area (Å²) in [6, 6.07) is 11.5. The van der Waals surface area contributed by atoms with Gasteiger partial charge in [-0.25, -0.2) is 0 Å². The quantitative estimate of drug-likeness (QED) is 0.571. The van der Waals surface area contributed by atoms with E-state index in [1.165, 1.54) is 23.1 Å². The molecule has 0 aliphatic carbocycles. The number of nitrogens with one attached hydrogen (secondary N) is 1. The van der Waals surface area contributed by atoms with Gasteiger partial charge in [0.15, 0.2) is 4.34 Å². The van der Waals surface area contributed by atoms with Gasteiger partial charge in [-0.2, -0.15) is 0 Å². The van der Waals surface area contributed by atoms with Crippen LogP contribution in [0.3, 0.4) is 0 Å². The fraction of sp³-hybridized carbons (Fsp3) is 0.0625. The van der Waals surface area contributed by atoms with Gasteiger partial charge in [0, 0.05) is 11.3 Å². The summed E-state index contributed by atoms with van der Waals surface area (Å²) in [5, 5.41) is 12.5. The van der Waals surface area contributed by atoms with Gasteiger partial charge in [-0.15, -0.1) is 21.5 Å². The Labute approximate surface area is 146 Å². The number of hydrogen-bond acceptors (Lipinski definition) is 6. The zero-order chi connectivity index (χ0) is 15.9. The topological polar surface area (TPSA) is 54.9 Å². The van der Waals surface area contributed by atoms with Crippen LogP contribution < -0.4 is 5.32 Å². The molecule has 0 fully saturated rings. The summed E-state index contributed by atoms with van der Waals surface area (Å²) in [4.78, 5) is 13.0. The minimum Gasteiger partial charge on any atom is -0.325 e. The number of thiophene rings is 1. The van der Waals surface area contributed by atoms with Crippen molar-refractivity contribution in [3.05, 3.63) is 57.7 Å². The SMILES string of the molecule is O=C(CSc1nncs1)Nc1cccc(C#Cc2cccs2)c1. The molecule has 4 nitrogen and oxygen atoms in total. The Bertz CT molecular complexity index is 833. The van der Waals surface area contributed by atoms with Crippen LogP contribution in [0.1, 0.15) is 10.4 Å². The Morgan fingerprint density at radius 3 is 2.96 bits per heavy atom. The van der Waals surface area contributed by atoms with Gasteiger partial charge in [0.2, 0.25) is 5.91 Å². The standard InChI is InChI=1S/C16H11N3OS3/c20-15(10-22-16-19-17-11-23-16)18-13-4-1-3-12(9-13)6-7-14-5-2-8-21-14/h1-5,8-9,11H,10H2,(H,18,20). The van der Waals surface area contributed by atoms with Gasteiger partial charge in [0.1, 0.15) is 5.51 Å². The molecule has 3 rings (SSSR count). The van der Waals surface area contributed by atoms with Crippen LogP contribution in [0.15, 0.2) is 51.6 Å². The molecule has 1 aromatic carbocycles. The molecule has 0 radical (unpaired) electrons. The molecule has 0 aliphatic heterocycles. The number of carbonyl (C=O) groups is 1. The second-order valence-electron chi connectivity index (χ2n) is 4.35. The molecule has 0 saturated carbocycles. The van der Waals surface area contributed by atoms with Gasteiger partial charge >= 0.3 is 0 Å². The zero-order valence-electron chi connectivity index (χ0n) is 11.9. The van der Waals surface area contributed by atoms with Crippen LogP contribution in [0.25, 0.3) is 0 Å². The van der Waals surface area contributed by atoms with Crippen molar-refractivity contribution in [3.8, 4) is 11.8 Å². The van der Waals surface area contributed by atoms with Crippen molar-refractivity contribution in [2.45, 2.75) is 4.34 Å². The molecular weight excluding hydrogens is 346 g/mol. The predicted octanol–water partition coefficient (Wildman–Crippen LogP) is 3.73. The molecule has 7 heteroatoms. The maximum absolute atomic E-state index is 12.0. The van der Waals surface area contributed by atoms with E-state index >= 15 is 0 Å². The van der Waals surface area contributed by atoms with Gasteiger partial charge in [-0.3, -0.25) is 4.79 Å². The summed E-state index contributed by atoms with van der Waals surface area (Å²) in [6.45, 7) is 0. The van der Waals surface area contributed by atoms with E-state index in [4.69, 9.17) is 0 Å². The molecule has 0 saturated heterocycles. The van der Waals surface area contributed by atoms with Gasteiger partial charge in [0.05, 0.1) is 10.6 Å². The average Bonchev–Trinajstić information content (AvgIpc) is 3.25. The van der Waals surface area contributed by atoms with E-state index in [1.54, 1.807) is 16.8 Å². The van der Waals surface area contributed by atoms with Crippen molar-refractivity contribution in [2.24, 2.45) is 0 Å². The number of rotatable bonds is 4. The molecule has 114 valence electrons. The van der Waals surface area contributed by atoms with Crippen molar-refractivity contribution in [3.63, 3.8) is 0 Å². The summed E-state index contributed by atoms with van der Waals surface area (Å²) in [5.41, 5.74) is 3.26. The molecule has 2 aromatic heterocycles. The van der Waals surface area contributed by atoms with E-state index in [2.05, 4.69) is 27.4 Å². The van der Waals surface area contributed by atoms with Gasteiger partial charge < -0.3 is 5.32 Å². The van der Waals surface area contributed by atoms with E-state index in [1.807, 2.05) is 41.8 Å². The molecule has 3 aromatic rings. The molecule has 0 bridgehead atoms. The minimum absolute atomic E-state index is 0.0754. The van der Waals surface area contributed by atoms with Crippen LogP contribution in [-0.4, -0.2) is 21.9 Å². The number of thioether (sulfide) groups is 1. The van der Waals surface area contributed by atoms with Crippen molar-refractivity contribution < 1.29 is 4.79 Å². The van der Waals surface area contributed by atoms with Crippen LogP contribution in [0, 0.1) is 11.8 Å². The molecule has 0 unspecified atom stereocenters. The summed E-state index contributed by atoms with van der Waals surface area (Å²) in [7, 11) is 0. The van der Waals surface area contributed by atoms with Crippen molar-refractivity contribution in [1.29, 1.82) is 0 Å². The first-order valence-corrected chi connectivity index (χ1v) is 9.38. The van der Waals surface area contributed by atoms with Crippen molar-refractivity contribution in [2.75, 3.05) is 11.1 Å². The van der Waals surface area contributed by atoms with Crippen LogP contribution in [-0.2, 0) is 4.79 Å². The first-order chi connectivity index (χ1) is 11.3. The van der Waals surface area contributed by atoms with Crippen LogP contribution >= 0.6 is 34.4 Å². The first-order valence-electron chi connectivity index (χ1n) is 6.64. The number of aromatic nitrogens is 2. The van der Waals surface area contributed by atoms with Crippen LogP contribution in [0.2, 0.25) is 0 Å². The summed E-state index contributed by atoms with van der Waals surface area (Å²) in [6.07, 6.45) is 0. The number of carbonyl (C=O) groups excluding carboxylic acids is 1. The summed E-state index contributed by atoms with van der Waals surface area (Å²) >= 11 is 4.40. The Hall–Kier alpha value is -2.14. The average molecular weight is 357 g/mol. The number of hydrogen-bond donors (Lipinski definition) is 1. The minimum atomic E-state index is -0.0754. The molecule has 2 heterocycles. The highest BCUT2D eigenvalue weighted by atomic mass is 32.2. The molecule has 1 amide bonds. The fourth-order valence-electron chi connectivity index (χ4n) is 1.71. The monoisotopic (exact) mass is 357 g/mol. The van der Waals surface area contributed by atoms with E-state index in [0.29, 0.717) is 5.75 Å². The first kappa shape index (κ1) is 15.7. The van der Waals surface area contributed by atoms with Gasteiger partial charge in [-0.1, -0.05) is 47.1 Å². The Balaban J connectivity index is 1.59. The van der Waals surface area contributed by atoms with E-state index in [-0.39, 0.29) is 5.91 Å². The number of anilines is 1. The number of amides is 1. The normalized spacial score (nSPS) is 9.91. The second kappa shape index (κ2) is 7.92. The lowest BCUT2D eigenvalue weighted by molar-refractivity contribution is -0.113. The highest BCUT2D eigenvalue weighted by molar-refractivity contribution is 8.01. The highest BCUT2D eigenvalue weighted by Gasteiger charge is 2.05. The largest absolute Gasteiger partial charge is 0.325 e. The van der Waals surface area contributed by atoms with E-state index in [9.17, 15) is 4.79 Å². The second-order valence-corrected chi connectivity index (χ2v) is 7.35. The zero-order valence-corrected chi connectivity index (χ0v) is 14.3. The number of nitrogens with zero attached hydrogens (tertiary/aromatic N) is 2. The fourth-order valence-corrected chi connectivity index (χ4v) is 3.57. The van der Waals surface area contributed by atoms with Crippen molar-refractivity contribution in [1.82, 2.24) is 10.2 Å². The summed E-state index contributed by atoms with van der Waals surface area (Å²) < 4.78 is 0.788. The van der Waals surface area contributed by atoms with E-state index < -0.39 is 0 Å². The molecule has 1 N–H and O–H groups in total. The Morgan fingerprint density at radius 1 is 1.22 bits per heavy atom. The van der Waals surface area contributed by atoms with Gasteiger partial charge in [0.25, 0.3) is 0 Å². The van der Waals surface area contributed by atoms with Crippen LogP contribution in [0.4, 0.5) is 5.69 Å².